The number of rotatable bonds is 8. The Morgan fingerprint density at radius 2 is 2.03 bits per heavy atom. The van der Waals surface area contributed by atoms with Crippen LogP contribution in [0, 0.1) is 0 Å². The third-order valence-corrected chi connectivity index (χ3v) is 6.09. The molecular weight excluding hydrogens is 418 g/mol. The fourth-order valence-corrected chi connectivity index (χ4v) is 4.38. The monoisotopic (exact) mass is 447 g/mol. The van der Waals surface area contributed by atoms with Crippen molar-refractivity contribution < 1.29 is 14.2 Å². The van der Waals surface area contributed by atoms with Gasteiger partial charge >= 0.3 is 5.69 Å². The number of aromatic nitrogens is 2. The Bertz CT molecular complexity index is 1140. The highest BCUT2D eigenvalue weighted by molar-refractivity contribution is 5.67. The number of aryl methyl sites for hydroxylation is 2. The summed E-state index contributed by atoms with van der Waals surface area (Å²) in [6.07, 6.45) is 2.76. The molecule has 2 aliphatic heterocycles. The van der Waals surface area contributed by atoms with Gasteiger partial charge in [-0.3, -0.25) is 4.57 Å². The molecule has 7 heteroatoms. The van der Waals surface area contributed by atoms with Gasteiger partial charge in [-0.15, -0.1) is 0 Å². The highest BCUT2D eigenvalue weighted by Gasteiger charge is 2.21. The molecule has 3 heterocycles. The summed E-state index contributed by atoms with van der Waals surface area (Å²) in [5, 5.41) is 3.46. The number of nitrogens with zero attached hydrogens (tertiary/aromatic N) is 2. The SMILES string of the molecule is O=c1nc(OC[C@@H]2COCCO2)cc2n1CCc1cc(CCCNc3ccccc3)ccc1-2. The highest BCUT2D eigenvalue weighted by Crippen LogP contribution is 2.30. The molecule has 172 valence electrons. The number of fused-ring (bicyclic) bond motifs is 3. The average Bonchev–Trinajstić information content (AvgIpc) is 2.86. The van der Waals surface area contributed by atoms with Gasteiger partial charge in [0.1, 0.15) is 12.7 Å². The van der Waals surface area contributed by atoms with Crippen LogP contribution in [0.25, 0.3) is 11.3 Å². The lowest BCUT2D eigenvalue weighted by molar-refractivity contribution is -0.102. The summed E-state index contributed by atoms with van der Waals surface area (Å²) in [7, 11) is 0. The van der Waals surface area contributed by atoms with Crippen LogP contribution in [0.3, 0.4) is 0 Å². The minimum absolute atomic E-state index is 0.134. The summed E-state index contributed by atoms with van der Waals surface area (Å²) < 4.78 is 18.5. The first-order valence-corrected chi connectivity index (χ1v) is 11.6. The first-order chi connectivity index (χ1) is 16.3. The predicted octanol–water partition coefficient (Wildman–Crippen LogP) is 3.31. The van der Waals surface area contributed by atoms with E-state index >= 15 is 0 Å². The van der Waals surface area contributed by atoms with Crippen molar-refractivity contribution >= 4 is 5.69 Å². The largest absolute Gasteiger partial charge is 0.475 e. The molecule has 1 fully saturated rings. The van der Waals surface area contributed by atoms with Crippen LogP contribution >= 0.6 is 0 Å². The maximum atomic E-state index is 12.6. The van der Waals surface area contributed by atoms with E-state index < -0.39 is 0 Å². The van der Waals surface area contributed by atoms with Crippen molar-refractivity contribution in [1.82, 2.24) is 9.55 Å². The van der Waals surface area contributed by atoms with Crippen LogP contribution in [0.5, 0.6) is 5.88 Å². The normalized spacial score (nSPS) is 17.2. The zero-order chi connectivity index (χ0) is 22.5. The molecule has 1 N–H and O–H groups in total. The van der Waals surface area contributed by atoms with Gasteiger partial charge in [-0.1, -0.05) is 36.4 Å². The summed E-state index contributed by atoms with van der Waals surface area (Å²) in [5.41, 5.74) is 5.41. The van der Waals surface area contributed by atoms with Crippen LogP contribution < -0.4 is 15.7 Å². The molecule has 33 heavy (non-hydrogen) atoms. The Balaban J connectivity index is 1.25. The van der Waals surface area contributed by atoms with E-state index in [-0.39, 0.29) is 11.8 Å². The number of hydrogen-bond acceptors (Lipinski definition) is 6. The molecule has 0 spiro atoms. The second-order valence-electron chi connectivity index (χ2n) is 8.43. The third-order valence-electron chi connectivity index (χ3n) is 6.09. The molecule has 1 atom stereocenters. The van der Waals surface area contributed by atoms with Crippen molar-refractivity contribution in [3.63, 3.8) is 0 Å². The van der Waals surface area contributed by atoms with Gasteiger partial charge in [-0.2, -0.15) is 4.98 Å². The minimum Gasteiger partial charge on any atom is -0.475 e. The van der Waals surface area contributed by atoms with E-state index in [1.54, 1.807) is 4.57 Å². The quantitative estimate of drug-likeness (QED) is 0.534. The second-order valence-corrected chi connectivity index (χ2v) is 8.43. The van der Waals surface area contributed by atoms with Crippen molar-refractivity contribution in [2.45, 2.75) is 31.9 Å². The van der Waals surface area contributed by atoms with Gasteiger partial charge in [0, 0.05) is 30.4 Å². The topological polar surface area (TPSA) is 74.6 Å². The smallest absolute Gasteiger partial charge is 0.351 e. The van der Waals surface area contributed by atoms with Crippen LogP contribution in [-0.4, -0.2) is 48.6 Å². The van der Waals surface area contributed by atoms with E-state index in [9.17, 15) is 4.79 Å². The average molecular weight is 448 g/mol. The first-order valence-electron chi connectivity index (χ1n) is 11.6. The Morgan fingerprint density at radius 3 is 2.88 bits per heavy atom. The summed E-state index contributed by atoms with van der Waals surface area (Å²) in [4.78, 5) is 16.7. The van der Waals surface area contributed by atoms with Crippen LogP contribution in [0.4, 0.5) is 5.69 Å². The lowest BCUT2D eigenvalue weighted by Crippen LogP contribution is -2.34. The summed E-state index contributed by atoms with van der Waals surface area (Å²) in [5.74, 6) is 0.337. The third kappa shape index (κ3) is 5.26. The first kappa shape index (κ1) is 21.7. The molecule has 2 aromatic carbocycles. The molecule has 0 unspecified atom stereocenters. The Labute approximate surface area is 193 Å². The van der Waals surface area contributed by atoms with Gasteiger partial charge in [0.25, 0.3) is 0 Å². The number of benzene rings is 2. The summed E-state index contributed by atoms with van der Waals surface area (Å²) in [6.45, 7) is 3.55. The zero-order valence-corrected chi connectivity index (χ0v) is 18.7. The van der Waals surface area contributed by atoms with Crippen molar-refractivity contribution in [3.05, 3.63) is 76.2 Å². The Kier molecular flexibility index (Phi) is 6.69. The number of hydrogen-bond donors (Lipinski definition) is 1. The van der Waals surface area contributed by atoms with Gasteiger partial charge in [0.05, 0.1) is 25.5 Å². The van der Waals surface area contributed by atoms with Gasteiger partial charge in [0.2, 0.25) is 5.88 Å². The number of nitrogens with one attached hydrogen (secondary N) is 1. The number of ether oxygens (including phenoxy) is 3. The van der Waals surface area contributed by atoms with E-state index in [0.717, 1.165) is 42.8 Å². The lowest BCUT2D eigenvalue weighted by Gasteiger charge is -2.24. The number of para-hydroxylation sites is 1. The molecule has 0 saturated carbocycles. The van der Waals surface area contributed by atoms with Crippen LogP contribution in [-0.2, 0) is 28.9 Å². The molecule has 0 amide bonds. The molecule has 2 aliphatic rings. The van der Waals surface area contributed by atoms with Crippen molar-refractivity contribution in [2.75, 3.05) is 38.3 Å². The second kappa shape index (κ2) is 10.2. The molecule has 1 aromatic heterocycles. The molecule has 0 bridgehead atoms. The van der Waals surface area contributed by atoms with E-state index in [1.807, 2.05) is 24.3 Å². The molecule has 5 rings (SSSR count). The van der Waals surface area contributed by atoms with Gasteiger partial charge < -0.3 is 19.5 Å². The van der Waals surface area contributed by atoms with E-state index in [1.165, 1.54) is 11.1 Å². The zero-order valence-electron chi connectivity index (χ0n) is 18.7. The highest BCUT2D eigenvalue weighted by atomic mass is 16.6. The van der Waals surface area contributed by atoms with Gasteiger partial charge in [-0.05, 0) is 42.5 Å². The molecule has 3 aromatic rings. The van der Waals surface area contributed by atoms with E-state index in [0.29, 0.717) is 38.9 Å². The van der Waals surface area contributed by atoms with Crippen molar-refractivity contribution in [2.24, 2.45) is 0 Å². The summed E-state index contributed by atoms with van der Waals surface area (Å²) in [6, 6.07) is 18.7. The fraction of sp³-hybridized carbons (Fsp3) is 0.385. The van der Waals surface area contributed by atoms with Gasteiger partial charge in [-0.25, -0.2) is 4.79 Å². The van der Waals surface area contributed by atoms with Gasteiger partial charge in [0.15, 0.2) is 0 Å². The molecule has 7 nitrogen and oxygen atoms in total. The molecule has 0 aliphatic carbocycles. The van der Waals surface area contributed by atoms with Crippen LogP contribution in [0.1, 0.15) is 17.5 Å². The Hall–Kier alpha value is -3.16. The number of anilines is 1. The molecule has 1 saturated heterocycles. The molecular formula is C26H29N3O4. The van der Waals surface area contributed by atoms with E-state index in [4.69, 9.17) is 14.2 Å². The van der Waals surface area contributed by atoms with Crippen molar-refractivity contribution in [1.29, 1.82) is 0 Å². The van der Waals surface area contributed by atoms with E-state index in [2.05, 4.69) is 40.6 Å². The maximum Gasteiger partial charge on any atom is 0.351 e. The maximum absolute atomic E-state index is 12.6. The lowest BCUT2D eigenvalue weighted by atomic mass is 9.94. The minimum atomic E-state index is -0.273. The van der Waals surface area contributed by atoms with Crippen LogP contribution in [0.15, 0.2) is 59.4 Å². The predicted molar refractivity (Wildman–Crippen MR) is 127 cm³/mol. The van der Waals surface area contributed by atoms with Crippen LogP contribution in [0.2, 0.25) is 0 Å². The fourth-order valence-electron chi connectivity index (χ4n) is 4.38. The summed E-state index contributed by atoms with van der Waals surface area (Å²) >= 11 is 0. The Morgan fingerprint density at radius 1 is 1.12 bits per heavy atom. The molecule has 0 radical (unpaired) electrons. The standard InChI is InChI=1S/C26H29N3O4/c30-26-28-25(33-18-22-17-31-13-14-32-22)16-24-23-9-8-19(15-20(23)10-12-29(24)26)5-4-11-27-21-6-2-1-3-7-21/h1-3,6-9,15-16,22,27H,4-5,10-14,17-18H2/t22-/m0/s1. The van der Waals surface area contributed by atoms with Crippen molar-refractivity contribution in [3.8, 4) is 17.1 Å².